The number of fused-ring (bicyclic) bond motifs is 1. The number of aromatic carboxylic acids is 1. The number of alkyl halides is 3. The Hall–Kier alpha value is -3.07. The van der Waals surface area contributed by atoms with Gasteiger partial charge in [-0.3, -0.25) is 9.20 Å². The molecule has 0 bridgehead atoms. The van der Waals surface area contributed by atoms with Gasteiger partial charge in [0.05, 0.1) is 21.8 Å². The molecule has 0 spiro atoms. The third-order valence-electron chi connectivity index (χ3n) is 4.01. The Labute approximate surface area is 161 Å². The van der Waals surface area contributed by atoms with Crippen LogP contribution in [0.1, 0.15) is 39.0 Å². The van der Waals surface area contributed by atoms with E-state index < -0.39 is 23.6 Å². The SMILES string of the molecule is CCc1nc2c(Cl)cc(C(F)(F)F)cn2c1C(=O)Nc1ccc(C(=O)O)cc1. The van der Waals surface area contributed by atoms with Gasteiger partial charge in [0.25, 0.3) is 5.91 Å². The molecule has 10 heteroatoms. The number of carbonyl (C=O) groups excluding carboxylic acids is 1. The number of rotatable bonds is 4. The first kappa shape index (κ1) is 19.7. The predicted octanol–water partition coefficient (Wildman–Crippen LogP) is 4.52. The minimum absolute atomic E-state index is 0.0312. The number of carboxylic acid groups (broad SMARTS) is 1. The number of nitrogens with one attached hydrogen (secondary N) is 1. The summed E-state index contributed by atoms with van der Waals surface area (Å²) in [5, 5.41) is 11.2. The van der Waals surface area contributed by atoms with E-state index >= 15 is 0 Å². The zero-order valence-corrected chi connectivity index (χ0v) is 15.1. The minimum atomic E-state index is -4.64. The average molecular weight is 412 g/mol. The maximum Gasteiger partial charge on any atom is 0.417 e. The fourth-order valence-corrected chi connectivity index (χ4v) is 2.93. The Morgan fingerprint density at radius 2 is 1.89 bits per heavy atom. The molecule has 0 aliphatic rings. The van der Waals surface area contributed by atoms with Gasteiger partial charge in [-0.15, -0.1) is 0 Å². The Balaban J connectivity index is 2.06. The van der Waals surface area contributed by atoms with Crippen molar-refractivity contribution in [2.45, 2.75) is 19.5 Å². The summed E-state index contributed by atoms with van der Waals surface area (Å²) < 4.78 is 40.4. The van der Waals surface area contributed by atoms with E-state index in [4.69, 9.17) is 16.7 Å². The lowest BCUT2D eigenvalue weighted by atomic mass is 10.2. The molecule has 0 saturated heterocycles. The van der Waals surface area contributed by atoms with Gasteiger partial charge in [-0.05, 0) is 36.8 Å². The van der Waals surface area contributed by atoms with Crippen LogP contribution in [-0.2, 0) is 12.6 Å². The first-order chi connectivity index (χ1) is 13.1. The number of amides is 1. The smallest absolute Gasteiger partial charge is 0.417 e. The average Bonchev–Trinajstić information content (AvgIpc) is 3.00. The molecule has 0 aliphatic heterocycles. The highest BCUT2D eigenvalue weighted by atomic mass is 35.5. The van der Waals surface area contributed by atoms with Crippen molar-refractivity contribution in [3.8, 4) is 0 Å². The van der Waals surface area contributed by atoms with Crippen molar-refractivity contribution in [2.24, 2.45) is 0 Å². The zero-order chi connectivity index (χ0) is 20.6. The number of anilines is 1. The lowest BCUT2D eigenvalue weighted by Gasteiger charge is -2.10. The van der Waals surface area contributed by atoms with E-state index in [1.54, 1.807) is 6.92 Å². The molecule has 0 atom stereocenters. The van der Waals surface area contributed by atoms with E-state index in [9.17, 15) is 22.8 Å². The van der Waals surface area contributed by atoms with Crippen molar-refractivity contribution in [1.82, 2.24) is 9.38 Å². The van der Waals surface area contributed by atoms with Crippen LogP contribution in [0.2, 0.25) is 5.02 Å². The van der Waals surface area contributed by atoms with Crippen LogP contribution in [0.4, 0.5) is 18.9 Å². The number of benzene rings is 1. The molecule has 1 aromatic carbocycles. The number of hydrogen-bond acceptors (Lipinski definition) is 3. The summed E-state index contributed by atoms with van der Waals surface area (Å²) in [6.07, 6.45) is -3.58. The number of aryl methyl sites for hydroxylation is 1. The first-order valence-corrected chi connectivity index (χ1v) is 8.42. The van der Waals surface area contributed by atoms with Crippen LogP contribution in [0.15, 0.2) is 36.5 Å². The van der Waals surface area contributed by atoms with E-state index in [2.05, 4.69) is 10.3 Å². The van der Waals surface area contributed by atoms with Gasteiger partial charge in [-0.1, -0.05) is 18.5 Å². The van der Waals surface area contributed by atoms with Crippen LogP contribution in [0.5, 0.6) is 0 Å². The largest absolute Gasteiger partial charge is 0.478 e. The van der Waals surface area contributed by atoms with E-state index in [0.717, 1.165) is 16.7 Å². The fourth-order valence-electron chi connectivity index (χ4n) is 2.68. The molecule has 6 nitrogen and oxygen atoms in total. The van der Waals surface area contributed by atoms with Crippen LogP contribution < -0.4 is 5.32 Å². The summed E-state index contributed by atoms with van der Waals surface area (Å²) >= 11 is 5.95. The predicted molar refractivity (Wildman–Crippen MR) is 95.9 cm³/mol. The molecule has 0 saturated carbocycles. The van der Waals surface area contributed by atoms with E-state index in [1.165, 1.54) is 24.3 Å². The van der Waals surface area contributed by atoms with Crippen molar-refractivity contribution in [1.29, 1.82) is 0 Å². The summed E-state index contributed by atoms with van der Waals surface area (Å²) in [5.41, 5.74) is -0.453. The minimum Gasteiger partial charge on any atom is -0.478 e. The zero-order valence-electron chi connectivity index (χ0n) is 14.3. The highest BCUT2D eigenvalue weighted by Gasteiger charge is 2.33. The number of pyridine rings is 1. The van der Waals surface area contributed by atoms with Crippen LogP contribution in [0.25, 0.3) is 5.65 Å². The van der Waals surface area contributed by atoms with E-state index in [-0.39, 0.29) is 33.3 Å². The molecule has 0 aliphatic carbocycles. The molecule has 1 amide bonds. The van der Waals surface area contributed by atoms with Crippen LogP contribution in [-0.4, -0.2) is 26.4 Å². The van der Waals surface area contributed by atoms with Gasteiger partial charge >= 0.3 is 12.1 Å². The molecule has 2 aromatic heterocycles. The van der Waals surface area contributed by atoms with Crippen molar-refractivity contribution >= 4 is 34.8 Å². The second-order valence-corrected chi connectivity index (χ2v) is 6.27. The number of carbonyl (C=O) groups is 2. The third kappa shape index (κ3) is 3.65. The van der Waals surface area contributed by atoms with Gasteiger partial charge in [-0.2, -0.15) is 13.2 Å². The molecule has 3 rings (SSSR count). The maximum atomic E-state index is 13.1. The topological polar surface area (TPSA) is 83.7 Å². The van der Waals surface area contributed by atoms with Crippen molar-refractivity contribution < 1.29 is 27.9 Å². The van der Waals surface area contributed by atoms with Gasteiger partial charge in [0.15, 0.2) is 5.65 Å². The molecule has 2 N–H and O–H groups in total. The highest BCUT2D eigenvalue weighted by molar-refractivity contribution is 6.33. The Morgan fingerprint density at radius 1 is 1.25 bits per heavy atom. The van der Waals surface area contributed by atoms with Crippen LogP contribution in [0.3, 0.4) is 0 Å². The number of carboxylic acids is 1. The monoisotopic (exact) mass is 411 g/mol. The summed E-state index contributed by atoms with van der Waals surface area (Å²) in [5.74, 6) is -1.81. The third-order valence-corrected chi connectivity index (χ3v) is 4.29. The lowest BCUT2D eigenvalue weighted by molar-refractivity contribution is -0.137. The summed E-state index contributed by atoms with van der Waals surface area (Å²) in [6.45, 7) is 1.71. The molecular formula is C18H13ClF3N3O3. The van der Waals surface area contributed by atoms with Crippen molar-refractivity contribution in [3.63, 3.8) is 0 Å². The van der Waals surface area contributed by atoms with E-state index in [1.807, 2.05) is 0 Å². The van der Waals surface area contributed by atoms with Gasteiger partial charge in [0, 0.05) is 11.9 Å². The Bertz CT molecular complexity index is 1080. The molecule has 0 unspecified atom stereocenters. The van der Waals surface area contributed by atoms with Gasteiger partial charge in [-0.25, -0.2) is 9.78 Å². The molecule has 0 radical (unpaired) electrons. The van der Waals surface area contributed by atoms with Gasteiger partial charge < -0.3 is 10.4 Å². The maximum absolute atomic E-state index is 13.1. The molecule has 3 aromatic rings. The molecule has 28 heavy (non-hydrogen) atoms. The Kier molecular flexibility index (Phi) is 5.03. The number of hydrogen-bond donors (Lipinski definition) is 2. The number of halogens is 4. The molecular weight excluding hydrogens is 399 g/mol. The van der Waals surface area contributed by atoms with Crippen LogP contribution >= 0.6 is 11.6 Å². The van der Waals surface area contributed by atoms with Crippen LogP contribution in [0, 0.1) is 0 Å². The number of nitrogens with zero attached hydrogens (tertiary/aromatic N) is 2. The number of aromatic nitrogens is 2. The molecule has 0 fully saturated rings. The van der Waals surface area contributed by atoms with Gasteiger partial charge in [0.1, 0.15) is 5.69 Å². The van der Waals surface area contributed by atoms with Crippen molar-refractivity contribution in [2.75, 3.05) is 5.32 Å². The first-order valence-electron chi connectivity index (χ1n) is 8.04. The van der Waals surface area contributed by atoms with Crippen molar-refractivity contribution in [3.05, 3.63) is 64.1 Å². The normalized spacial score (nSPS) is 11.6. The molecule has 2 heterocycles. The van der Waals surface area contributed by atoms with Gasteiger partial charge in [0.2, 0.25) is 0 Å². The molecule has 146 valence electrons. The standard InChI is InChI=1S/C18H13ClF3N3O3/c1-2-13-14(16(26)23-11-5-3-9(4-6-11)17(27)28)25-8-10(18(20,21)22)7-12(19)15(25)24-13/h3-8H,2H2,1H3,(H,23,26)(H,27,28). The summed E-state index contributed by atoms with van der Waals surface area (Å²) in [6, 6.07) is 6.11. The quantitative estimate of drug-likeness (QED) is 0.661. The number of imidazole rings is 1. The summed E-state index contributed by atoms with van der Waals surface area (Å²) in [7, 11) is 0. The lowest BCUT2D eigenvalue weighted by Crippen LogP contribution is -2.17. The second kappa shape index (κ2) is 7.16. The van der Waals surface area contributed by atoms with E-state index in [0.29, 0.717) is 6.42 Å². The second-order valence-electron chi connectivity index (χ2n) is 5.87. The fraction of sp³-hybridized carbons (Fsp3) is 0.167. The highest BCUT2D eigenvalue weighted by Crippen LogP contribution is 2.33. The summed E-state index contributed by atoms with van der Waals surface area (Å²) in [4.78, 5) is 27.8. The Morgan fingerprint density at radius 3 is 2.43 bits per heavy atom.